The molecule has 0 radical (unpaired) electrons. The van der Waals surface area contributed by atoms with E-state index >= 15 is 0 Å². The molecule has 0 spiro atoms. The van der Waals surface area contributed by atoms with Crippen molar-refractivity contribution in [3.8, 4) is 0 Å². The average Bonchev–Trinajstić information content (AvgIpc) is 2.12. The minimum absolute atomic E-state index is 0.373. The van der Waals surface area contributed by atoms with E-state index in [0.717, 1.165) is 10.0 Å². The lowest BCUT2D eigenvalue weighted by Crippen LogP contribution is -2.41. The quantitative estimate of drug-likeness (QED) is 0.882. The summed E-state index contributed by atoms with van der Waals surface area (Å²) in [5, 5.41) is 12.1. The van der Waals surface area contributed by atoms with Crippen LogP contribution >= 0.6 is 15.9 Å². The summed E-state index contributed by atoms with van der Waals surface area (Å²) in [7, 11) is 0. The fourth-order valence-electron chi connectivity index (χ4n) is 1.05. The first-order valence-corrected chi connectivity index (χ1v) is 5.44. The molecule has 0 aliphatic heterocycles. The van der Waals surface area contributed by atoms with Crippen molar-refractivity contribution in [3.63, 3.8) is 0 Å². The molecule has 0 heterocycles. The molecule has 0 unspecified atom stereocenters. The molecule has 82 valence electrons. The third-order valence-electron chi connectivity index (χ3n) is 1.90. The standard InChI is InChI=1S/C11H14BrNO2/c1-11(2,15)10(14)13-7-8-4-3-5-9(12)6-8/h3-6,15H,7H2,1-2H3,(H,13,14). The second-order valence-electron chi connectivity index (χ2n) is 3.87. The molecule has 0 saturated heterocycles. The van der Waals surface area contributed by atoms with Gasteiger partial charge in [0.05, 0.1) is 0 Å². The average molecular weight is 272 g/mol. The number of hydrogen-bond acceptors (Lipinski definition) is 2. The molecular formula is C11H14BrNO2. The van der Waals surface area contributed by atoms with Crippen molar-refractivity contribution in [2.75, 3.05) is 0 Å². The Balaban J connectivity index is 2.55. The van der Waals surface area contributed by atoms with E-state index in [1.54, 1.807) is 0 Å². The minimum atomic E-state index is -1.33. The van der Waals surface area contributed by atoms with E-state index in [-0.39, 0.29) is 5.91 Å². The molecule has 15 heavy (non-hydrogen) atoms. The number of amides is 1. The van der Waals surface area contributed by atoms with Crippen molar-refractivity contribution in [1.29, 1.82) is 0 Å². The molecular weight excluding hydrogens is 258 g/mol. The zero-order valence-electron chi connectivity index (χ0n) is 8.75. The van der Waals surface area contributed by atoms with E-state index in [4.69, 9.17) is 0 Å². The summed E-state index contributed by atoms with van der Waals surface area (Å²) in [5.41, 5.74) is -0.339. The summed E-state index contributed by atoms with van der Waals surface area (Å²) in [4.78, 5) is 11.3. The van der Waals surface area contributed by atoms with Gasteiger partial charge in [-0.3, -0.25) is 4.79 Å². The lowest BCUT2D eigenvalue weighted by molar-refractivity contribution is -0.136. The van der Waals surface area contributed by atoms with Gasteiger partial charge in [-0.25, -0.2) is 0 Å². The number of nitrogens with one attached hydrogen (secondary N) is 1. The Bertz CT molecular complexity index is 358. The van der Waals surface area contributed by atoms with E-state index in [1.165, 1.54) is 13.8 Å². The van der Waals surface area contributed by atoms with Crippen LogP contribution in [0.25, 0.3) is 0 Å². The van der Waals surface area contributed by atoms with Gasteiger partial charge in [-0.15, -0.1) is 0 Å². The van der Waals surface area contributed by atoms with Gasteiger partial charge in [0, 0.05) is 11.0 Å². The molecule has 4 heteroatoms. The molecule has 0 saturated carbocycles. The molecule has 0 aliphatic rings. The minimum Gasteiger partial charge on any atom is -0.381 e. The number of rotatable bonds is 3. The Kier molecular flexibility index (Phi) is 3.88. The second kappa shape index (κ2) is 4.77. The number of carbonyl (C=O) groups excluding carboxylic acids is 1. The Hall–Kier alpha value is -0.870. The first-order chi connectivity index (χ1) is 6.89. The SMILES string of the molecule is CC(C)(O)C(=O)NCc1cccc(Br)c1. The summed E-state index contributed by atoms with van der Waals surface area (Å²) in [6.45, 7) is 3.34. The smallest absolute Gasteiger partial charge is 0.251 e. The zero-order valence-corrected chi connectivity index (χ0v) is 10.3. The van der Waals surface area contributed by atoms with Crippen LogP contribution in [0.5, 0.6) is 0 Å². The van der Waals surface area contributed by atoms with Crippen molar-refractivity contribution in [2.45, 2.75) is 26.0 Å². The second-order valence-corrected chi connectivity index (χ2v) is 4.79. The van der Waals surface area contributed by atoms with Crippen molar-refractivity contribution in [3.05, 3.63) is 34.3 Å². The van der Waals surface area contributed by atoms with Gasteiger partial charge in [0.25, 0.3) is 5.91 Å². The van der Waals surface area contributed by atoms with Gasteiger partial charge < -0.3 is 10.4 Å². The molecule has 0 aliphatic carbocycles. The highest BCUT2D eigenvalue weighted by Gasteiger charge is 2.22. The van der Waals surface area contributed by atoms with Gasteiger partial charge in [-0.2, -0.15) is 0 Å². The number of halogens is 1. The van der Waals surface area contributed by atoms with Crippen LogP contribution in [0.4, 0.5) is 0 Å². The number of hydrogen-bond donors (Lipinski definition) is 2. The Labute approximate surface area is 97.6 Å². The first-order valence-electron chi connectivity index (χ1n) is 4.65. The monoisotopic (exact) mass is 271 g/mol. The zero-order chi connectivity index (χ0) is 11.5. The van der Waals surface area contributed by atoms with E-state index in [9.17, 15) is 9.90 Å². The van der Waals surface area contributed by atoms with Crippen LogP contribution in [0.2, 0.25) is 0 Å². The predicted molar refractivity (Wildman–Crippen MR) is 62.3 cm³/mol. The molecule has 0 aromatic heterocycles. The van der Waals surface area contributed by atoms with Crippen LogP contribution in [0.3, 0.4) is 0 Å². The van der Waals surface area contributed by atoms with E-state index in [1.807, 2.05) is 24.3 Å². The van der Waals surface area contributed by atoms with Crippen LogP contribution in [0.15, 0.2) is 28.7 Å². The lowest BCUT2D eigenvalue weighted by Gasteiger charge is -2.16. The van der Waals surface area contributed by atoms with Crippen molar-refractivity contribution < 1.29 is 9.90 Å². The number of carbonyl (C=O) groups is 1. The van der Waals surface area contributed by atoms with Crippen LogP contribution in [-0.4, -0.2) is 16.6 Å². The highest BCUT2D eigenvalue weighted by Crippen LogP contribution is 2.11. The summed E-state index contributed by atoms with van der Waals surface area (Å²) in [6.07, 6.45) is 0. The van der Waals surface area contributed by atoms with Gasteiger partial charge >= 0.3 is 0 Å². The summed E-state index contributed by atoms with van der Waals surface area (Å²) in [6, 6.07) is 7.65. The molecule has 3 nitrogen and oxygen atoms in total. The van der Waals surface area contributed by atoms with Crippen molar-refractivity contribution >= 4 is 21.8 Å². The largest absolute Gasteiger partial charge is 0.381 e. The van der Waals surface area contributed by atoms with Gasteiger partial charge in [0.15, 0.2) is 0 Å². The Morgan fingerprint density at radius 1 is 1.53 bits per heavy atom. The highest BCUT2D eigenvalue weighted by atomic mass is 79.9. The van der Waals surface area contributed by atoms with Crippen molar-refractivity contribution in [1.82, 2.24) is 5.32 Å². The maximum atomic E-state index is 11.3. The Morgan fingerprint density at radius 3 is 2.73 bits per heavy atom. The summed E-state index contributed by atoms with van der Waals surface area (Å²) < 4.78 is 0.970. The fourth-order valence-corrected chi connectivity index (χ4v) is 1.49. The van der Waals surface area contributed by atoms with Crippen LogP contribution in [0, 0.1) is 0 Å². The lowest BCUT2D eigenvalue weighted by atomic mass is 10.1. The van der Waals surface area contributed by atoms with Crippen molar-refractivity contribution in [2.24, 2.45) is 0 Å². The van der Waals surface area contributed by atoms with E-state index in [2.05, 4.69) is 21.2 Å². The normalized spacial score (nSPS) is 11.2. The molecule has 1 rings (SSSR count). The van der Waals surface area contributed by atoms with Crippen LogP contribution in [-0.2, 0) is 11.3 Å². The maximum Gasteiger partial charge on any atom is 0.251 e. The number of benzene rings is 1. The van der Waals surface area contributed by atoms with E-state index in [0.29, 0.717) is 6.54 Å². The van der Waals surface area contributed by atoms with E-state index < -0.39 is 5.60 Å². The third-order valence-corrected chi connectivity index (χ3v) is 2.39. The van der Waals surface area contributed by atoms with Gasteiger partial charge in [-0.1, -0.05) is 28.1 Å². The molecule has 0 fully saturated rings. The maximum absolute atomic E-state index is 11.3. The highest BCUT2D eigenvalue weighted by molar-refractivity contribution is 9.10. The summed E-state index contributed by atoms with van der Waals surface area (Å²) in [5.74, 6) is -0.373. The molecule has 0 atom stereocenters. The molecule has 0 bridgehead atoms. The predicted octanol–water partition coefficient (Wildman–Crippen LogP) is 1.84. The van der Waals surface area contributed by atoms with Gasteiger partial charge in [-0.05, 0) is 31.5 Å². The van der Waals surface area contributed by atoms with Gasteiger partial charge in [0.2, 0.25) is 0 Å². The Morgan fingerprint density at radius 2 is 2.20 bits per heavy atom. The van der Waals surface area contributed by atoms with Crippen LogP contribution in [0.1, 0.15) is 19.4 Å². The molecule has 2 N–H and O–H groups in total. The first kappa shape index (κ1) is 12.2. The fraction of sp³-hybridized carbons (Fsp3) is 0.364. The molecule has 1 aromatic carbocycles. The van der Waals surface area contributed by atoms with Crippen LogP contribution < -0.4 is 5.32 Å². The topological polar surface area (TPSA) is 49.3 Å². The van der Waals surface area contributed by atoms with Gasteiger partial charge in [0.1, 0.15) is 5.60 Å². The molecule has 1 aromatic rings. The number of aliphatic hydroxyl groups is 1. The summed E-state index contributed by atoms with van der Waals surface area (Å²) >= 11 is 3.35. The molecule has 1 amide bonds. The third kappa shape index (κ3) is 4.01.